The van der Waals surface area contributed by atoms with Gasteiger partial charge in [-0.05, 0) is 37.3 Å². The lowest BCUT2D eigenvalue weighted by Crippen LogP contribution is -2.16. The highest BCUT2D eigenvalue weighted by Crippen LogP contribution is 2.27. The van der Waals surface area contributed by atoms with E-state index >= 15 is 0 Å². The summed E-state index contributed by atoms with van der Waals surface area (Å²) < 4.78 is 1.62. The number of anilines is 2. The summed E-state index contributed by atoms with van der Waals surface area (Å²) in [6, 6.07) is 12.4. The van der Waals surface area contributed by atoms with Crippen molar-refractivity contribution < 1.29 is 9.59 Å². The van der Waals surface area contributed by atoms with Gasteiger partial charge in [-0.25, -0.2) is 4.68 Å². The van der Waals surface area contributed by atoms with Gasteiger partial charge in [0.2, 0.25) is 5.91 Å². The molecule has 4 rings (SSSR count). The number of nitrogens with one attached hydrogen (secondary N) is 2. The highest BCUT2D eigenvalue weighted by Gasteiger charge is 2.20. The summed E-state index contributed by atoms with van der Waals surface area (Å²) in [5, 5.41) is 16.0. The van der Waals surface area contributed by atoms with Crippen LogP contribution in [0.4, 0.5) is 11.4 Å². The Labute approximate surface area is 176 Å². The SMILES string of the molecule is CC(=O)Nc1ccc(Cl)cc1NC(=O)c1nnn(-c2cccc3cnccc23)c1C. The van der Waals surface area contributed by atoms with Gasteiger partial charge in [0.05, 0.1) is 22.8 Å². The minimum absolute atomic E-state index is 0.162. The van der Waals surface area contributed by atoms with Crippen molar-refractivity contribution in [2.24, 2.45) is 0 Å². The van der Waals surface area contributed by atoms with Gasteiger partial charge in [0, 0.05) is 35.1 Å². The molecule has 0 atom stereocenters. The fraction of sp³-hybridized carbons (Fsp3) is 0.0952. The molecule has 0 bridgehead atoms. The van der Waals surface area contributed by atoms with Gasteiger partial charge in [0.15, 0.2) is 5.69 Å². The van der Waals surface area contributed by atoms with Gasteiger partial charge in [-0.3, -0.25) is 14.6 Å². The molecule has 2 N–H and O–H groups in total. The topological polar surface area (TPSA) is 102 Å². The molecule has 2 aromatic carbocycles. The van der Waals surface area contributed by atoms with Gasteiger partial charge in [0.25, 0.3) is 5.91 Å². The third-order valence-corrected chi connectivity index (χ3v) is 4.77. The Morgan fingerprint density at radius 1 is 1.07 bits per heavy atom. The molecule has 0 aliphatic carbocycles. The van der Waals surface area contributed by atoms with Crippen LogP contribution in [0.5, 0.6) is 0 Å². The van der Waals surface area contributed by atoms with E-state index in [0.717, 1.165) is 16.5 Å². The molecule has 0 aliphatic heterocycles. The number of hydrogen-bond donors (Lipinski definition) is 2. The summed E-state index contributed by atoms with van der Waals surface area (Å²) in [4.78, 5) is 28.5. The van der Waals surface area contributed by atoms with Crippen LogP contribution in [-0.2, 0) is 4.79 Å². The number of carbonyl (C=O) groups is 2. The summed E-state index contributed by atoms with van der Waals surface area (Å²) in [5.74, 6) is -0.727. The second-order valence-corrected chi connectivity index (χ2v) is 7.07. The third kappa shape index (κ3) is 3.72. The largest absolute Gasteiger partial charge is 0.325 e. The van der Waals surface area contributed by atoms with Gasteiger partial charge in [-0.15, -0.1) is 5.10 Å². The first-order valence-corrected chi connectivity index (χ1v) is 9.46. The lowest BCUT2D eigenvalue weighted by atomic mass is 10.1. The molecular formula is C21H17ClN6O2. The molecule has 9 heteroatoms. The Morgan fingerprint density at radius 2 is 1.90 bits per heavy atom. The number of rotatable bonds is 4. The van der Waals surface area contributed by atoms with Crippen molar-refractivity contribution in [1.82, 2.24) is 20.0 Å². The Balaban J connectivity index is 1.69. The number of halogens is 1. The molecule has 0 spiro atoms. The van der Waals surface area contributed by atoms with Crippen LogP contribution in [0.2, 0.25) is 5.02 Å². The number of hydrogen-bond acceptors (Lipinski definition) is 5. The standard InChI is InChI=1S/C21H17ClN6O2/c1-12-20(21(30)25-18-10-15(22)6-7-17(18)24-13(2)29)26-27-28(12)19-5-3-4-14-11-23-9-8-16(14)19/h3-11H,1-2H3,(H,24,29)(H,25,30). The van der Waals surface area contributed by atoms with E-state index in [1.54, 1.807) is 42.2 Å². The summed E-state index contributed by atoms with van der Waals surface area (Å²) in [5.41, 5.74) is 2.33. The number of carbonyl (C=O) groups excluding carboxylic acids is 2. The lowest BCUT2D eigenvalue weighted by Gasteiger charge is -2.11. The van der Waals surface area contributed by atoms with Crippen LogP contribution in [0.1, 0.15) is 23.1 Å². The number of nitrogens with zero attached hydrogens (tertiary/aromatic N) is 4. The van der Waals surface area contributed by atoms with E-state index in [1.165, 1.54) is 6.92 Å². The number of benzene rings is 2. The molecule has 0 unspecified atom stereocenters. The van der Waals surface area contributed by atoms with E-state index in [0.29, 0.717) is 22.1 Å². The van der Waals surface area contributed by atoms with Crippen LogP contribution in [0.3, 0.4) is 0 Å². The molecule has 8 nitrogen and oxygen atoms in total. The van der Waals surface area contributed by atoms with Gasteiger partial charge >= 0.3 is 0 Å². The lowest BCUT2D eigenvalue weighted by molar-refractivity contribution is -0.114. The molecule has 4 aromatic rings. The van der Waals surface area contributed by atoms with Gasteiger partial charge in [-0.2, -0.15) is 0 Å². The molecule has 2 heterocycles. The molecule has 30 heavy (non-hydrogen) atoms. The van der Waals surface area contributed by atoms with Crippen molar-refractivity contribution in [3.63, 3.8) is 0 Å². The molecule has 2 aromatic heterocycles. The predicted octanol–water partition coefficient (Wildman–Crippen LogP) is 3.99. The first kappa shape index (κ1) is 19.5. The first-order chi connectivity index (χ1) is 14.4. The molecule has 0 radical (unpaired) electrons. The van der Waals surface area contributed by atoms with E-state index in [-0.39, 0.29) is 11.6 Å². The van der Waals surface area contributed by atoms with Crippen molar-refractivity contribution in [3.8, 4) is 5.69 Å². The van der Waals surface area contributed by atoms with Crippen molar-refractivity contribution in [3.05, 3.63) is 71.3 Å². The smallest absolute Gasteiger partial charge is 0.278 e. The van der Waals surface area contributed by atoms with Crippen LogP contribution in [0.25, 0.3) is 16.5 Å². The van der Waals surface area contributed by atoms with Crippen molar-refractivity contribution in [1.29, 1.82) is 0 Å². The number of amides is 2. The predicted molar refractivity (Wildman–Crippen MR) is 115 cm³/mol. The Morgan fingerprint density at radius 3 is 2.70 bits per heavy atom. The third-order valence-electron chi connectivity index (χ3n) is 4.54. The normalized spacial score (nSPS) is 10.8. The molecule has 150 valence electrons. The van der Waals surface area contributed by atoms with Crippen LogP contribution in [-0.4, -0.2) is 31.8 Å². The highest BCUT2D eigenvalue weighted by molar-refractivity contribution is 6.31. The monoisotopic (exact) mass is 420 g/mol. The molecular weight excluding hydrogens is 404 g/mol. The minimum Gasteiger partial charge on any atom is -0.325 e. The average molecular weight is 421 g/mol. The summed E-state index contributed by atoms with van der Waals surface area (Å²) >= 11 is 6.05. The quantitative estimate of drug-likeness (QED) is 0.519. The average Bonchev–Trinajstić information content (AvgIpc) is 3.10. The maximum absolute atomic E-state index is 12.9. The van der Waals surface area contributed by atoms with Crippen LogP contribution < -0.4 is 10.6 Å². The zero-order valence-corrected chi connectivity index (χ0v) is 16.9. The fourth-order valence-corrected chi connectivity index (χ4v) is 3.33. The van der Waals surface area contributed by atoms with Crippen LogP contribution in [0, 0.1) is 6.92 Å². The second kappa shape index (κ2) is 7.92. The van der Waals surface area contributed by atoms with Gasteiger partial charge in [0.1, 0.15) is 0 Å². The summed E-state index contributed by atoms with van der Waals surface area (Å²) in [7, 11) is 0. The van der Waals surface area contributed by atoms with E-state index in [2.05, 4.69) is 25.9 Å². The molecule has 0 aliphatic rings. The van der Waals surface area contributed by atoms with E-state index in [9.17, 15) is 9.59 Å². The maximum Gasteiger partial charge on any atom is 0.278 e. The van der Waals surface area contributed by atoms with Crippen molar-refractivity contribution in [2.75, 3.05) is 10.6 Å². The molecule has 0 saturated carbocycles. The zero-order valence-electron chi connectivity index (χ0n) is 16.2. The Bertz CT molecular complexity index is 1280. The second-order valence-electron chi connectivity index (χ2n) is 6.63. The molecule has 0 saturated heterocycles. The Kier molecular flexibility index (Phi) is 5.16. The minimum atomic E-state index is -0.463. The van der Waals surface area contributed by atoms with Crippen LogP contribution >= 0.6 is 11.6 Å². The van der Waals surface area contributed by atoms with E-state index in [4.69, 9.17) is 11.6 Å². The number of aromatic nitrogens is 4. The summed E-state index contributed by atoms with van der Waals surface area (Å²) in [6.07, 6.45) is 3.47. The Hall–Kier alpha value is -3.78. The van der Waals surface area contributed by atoms with Crippen LogP contribution in [0.15, 0.2) is 54.9 Å². The van der Waals surface area contributed by atoms with E-state index in [1.807, 2.05) is 24.3 Å². The molecule has 2 amide bonds. The van der Waals surface area contributed by atoms with Crippen molar-refractivity contribution in [2.45, 2.75) is 13.8 Å². The number of fused-ring (bicyclic) bond motifs is 1. The van der Waals surface area contributed by atoms with Gasteiger partial charge in [-0.1, -0.05) is 28.9 Å². The summed E-state index contributed by atoms with van der Waals surface area (Å²) in [6.45, 7) is 3.15. The molecule has 0 fully saturated rings. The maximum atomic E-state index is 12.9. The van der Waals surface area contributed by atoms with Crippen molar-refractivity contribution >= 4 is 45.6 Å². The number of pyridine rings is 1. The first-order valence-electron chi connectivity index (χ1n) is 9.08. The zero-order chi connectivity index (χ0) is 21.3. The van der Waals surface area contributed by atoms with E-state index < -0.39 is 5.91 Å². The highest BCUT2D eigenvalue weighted by atomic mass is 35.5. The fourth-order valence-electron chi connectivity index (χ4n) is 3.16. The van der Waals surface area contributed by atoms with Gasteiger partial charge < -0.3 is 10.6 Å².